The third kappa shape index (κ3) is 4.72. The molecule has 0 aliphatic carbocycles. The minimum Gasteiger partial charge on any atom is -0.326 e. The maximum Gasteiger partial charge on any atom is 0.258 e. The van der Waals surface area contributed by atoms with E-state index in [1.54, 1.807) is 0 Å². The Morgan fingerprint density at radius 2 is 1.69 bits per heavy atom. The lowest BCUT2D eigenvalue weighted by Gasteiger charge is -2.21. The van der Waals surface area contributed by atoms with Crippen LogP contribution in [0.15, 0.2) is 54.6 Å². The summed E-state index contributed by atoms with van der Waals surface area (Å²) in [6.45, 7) is 8.63. The molecule has 150 valence electrons. The van der Waals surface area contributed by atoms with E-state index in [4.69, 9.17) is 10.7 Å². The Morgan fingerprint density at radius 1 is 1.03 bits per heavy atom. The molecule has 0 aliphatic heterocycles. The molecular weight excluding hydrogens is 358 g/mol. The molecule has 4 heteroatoms. The normalized spacial score (nSPS) is 11.0. The van der Waals surface area contributed by atoms with Gasteiger partial charge in [0.1, 0.15) is 0 Å². The smallest absolute Gasteiger partial charge is 0.258 e. The van der Waals surface area contributed by atoms with Crippen LogP contribution in [0.4, 0.5) is 5.69 Å². The van der Waals surface area contributed by atoms with Crippen LogP contribution in [0, 0.1) is 19.8 Å². The van der Waals surface area contributed by atoms with Gasteiger partial charge in [0, 0.05) is 23.5 Å². The molecule has 4 nitrogen and oxygen atoms in total. The molecule has 1 heterocycles. The molecule has 0 unspecified atom stereocenters. The van der Waals surface area contributed by atoms with E-state index in [0.29, 0.717) is 18.0 Å². The maximum absolute atomic E-state index is 13.3. The fourth-order valence-corrected chi connectivity index (χ4v) is 3.61. The van der Waals surface area contributed by atoms with Crippen molar-refractivity contribution in [3.05, 3.63) is 82.7 Å². The van der Waals surface area contributed by atoms with Crippen LogP contribution in [-0.4, -0.2) is 10.9 Å². The summed E-state index contributed by atoms with van der Waals surface area (Å²) < 4.78 is 0. The van der Waals surface area contributed by atoms with Crippen molar-refractivity contribution in [2.24, 2.45) is 11.7 Å². The summed E-state index contributed by atoms with van der Waals surface area (Å²) in [7, 11) is 0. The number of pyridine rings is 1. The zero-order valence-electron chi connectivity index (χ0n) is 17.6. The average Bonchev–Trinajstić information content (AvgIpc) is 2.68. The Labute approximate surface area is 173 Å². The molecule has 0 aliphatic rings. The summed E-state index contributed by atoms with van der Waals surface area (Å²) in [5.74, 6) is 0.282. The first-order chi connectivity index (χ1) is 13.9. The number of para-hydroxylation sites is 1. The Hall–Kier alpha value is -2.98. The number of carbonyl (C=O) groups excluding carboxylic acids is 1. The van der Waals surface area contributed by atoms with Crippen LogP contribution in [0.3, 0.4) is 0 Å². The Morgan fingerprint density at radius 3 is 2.28 bits per heavy atom. The molecule has 1 amide bonds. The number of carbonyl (C=O) groups is 1. The molecule has 3 aromatic rings. The second kappa shape index (κ2) is 9.01. The van der Waals surface area contributed by atoms with Gasteiger partial charge in [0.05, 0.1) is 11.3 Å². The van der Waals surface area contributed by atoms with Gasteiger partial charge in [-0.05, 0) is 49.4 Å². The number of aryl methyl sites for hydroxylation is 2. The second-order valence-corrected chi connectivity index (χ2v) is 7.86. The van der Waals surface area contributed by atoms with Crippen LogP contribution < -0.4 is 11.1 Å². The van der Waals surface area contributed by atoms with E-state index < -0.39 is 0 Å². The van der Waals surface area contributed by atoms with Gasteiger partial charge < -0.3 is 11.1 Å². The van der Waals surface area contributed by atoms with Gasteiger partial charge in [0.2, 0.25) is 0 Å². The molecule has 2 aromatic carbocycles. The fourth-order valence-electron chi connectivity index (χ4n) is 3.61. The number of amides is 1. The van der Waals surface area contributed by atoms with Crippen molar-refractivity contribution in [2.45, 2.75) is 40.7 Å². The first-order valence-electron chi connectivity index (χ1n) is 10.1. The van der Waals surface area contributed by atoms with E-state index in [2.05, 4.69) is 50.4 Å². The zero-order valence-corrected chi connectivity index (χ0v) is 17.6. The molecule has 0 fully saturated rings. The molecule has 0 saturated carbocycles. The second-order valence-electron chi connectivity index (χ2n) is 7.86. The Bertz CT molecular complexity index is 993. The minimum absolute atomic E-state index is 0.164. The number of benzene rings is 2. The standard InChI is InChI=1S/C25H29N3O/c1-16(2)14-22-21(15-26)24(19-12-10-17(3)11-13-19)23(18(4)27-22)25(29)28-20-8-6-5-7-9-20/h5-13,16H,14-15,26H2,1-4H3,(H,28,29). The highest BCUT2D eigenvalue weighted by Gasteiger charge is 2.23. The van der Waals surface area contributed by atoms with Crippen LogP contribution in [0.1, 0.15) is 46.7 Å². The largest absolute Gasteiger partial charge is 0.326 e. The van der Waals surface area contributed by atoms with E-state index in [-0.39, 0.29) is 5.91 Å². The van der Waals surface area contributed by atoms with Gasteiger partial charge in [-0.25, -0.2) is 0 Å². The Balaban J connectivity index is 2.20. The summed E-state index contributed by atoms with van der Waals surface area (Å²) in [5, 5.41) is 3.01. The number of hydrogen-bond acceptors (Lipinski definition) is 3. The first-order valence-corrected chi connectivity index (χ1v) is 10.1. The SMILES string of the molecule is Cc1ccc(-c2c(CN)c(CC(C)C)nc(C)c2C(=O)Nc2ccccc2)cc1. The van der Waals surface area contributed by atoms with Crippen molar-refractivity contribution < 1.29 is 4.79 Å². The number of anilines is 1. The lowest BCUT2D eigenvalue weighted by atomic mass is 9.89. The third-order valence-corrected chi connectivity index (χ3v) is 4.97. The number of hydrogen-bond donors (Lipinski definition) is 2. The van der Waals surface area contributed by atoms with Crippen molar-refractivity contribution in [3.63, 3.8) is 0 Å². The molecule has 1 aromatic heterocycles. The topological polar surface area (TPSA) is 68.0 Å². The highest BCUT2D eigenvalue weighted by Crippen LogP contribution is 2.33. The van der Waals surface area contributed by atoms with E-state index in [1.165, 1.54) is 5.56 Å². The van der Waals surface area contributed by atoms with Crippen LogP contribution >= 0.6 is 0 Å². The van der Waals surface area contributed by atoms with Gasteiger partial charge >= 0.3 is 0 Å². The van der Waals surface area contributed by atoms with Gasteiger partial charge in [-0.3, -0.25) is 9.78 Å². The summed E-state index contributed by atoms with van der Waals surface area (Å²) in [6, 6.07) is 17.7. The molecule has 0 atom stereocenters. The molecule has 0 saturated heterocycles. The molecule has 0 radical (unpaired) electrons. The van der Waals surface area contributed by atoms with Gasteiger partial charge in [-0.1, -0.05) is 61.9 Å². The minimum atomic E-state index is -0.164. The number of nitrogens with zero attached hydrogens (tertiary/aromatic N) is 1. The van der Waals surface area contributed by atoms with Gasteiger partial charge in [-0.2, -0.15) is 0 Å². The molecule has 0 spiro atoms. The number of aromatic nitrogens is 1. The highest BCUT2D eigenvalue weighted by atomic mass is 16.1. The Kier molecular flexibility index (Phi) is 6.45. The summed E-state index contributed by atoms with van der Waals surface area (Å²) in [5.41, 5.74) is 13.2. The summed E-state index contributed by atoms with van der Waals surface area (Å²) >= 11 is 0. The lowest BCUT2D eigenvalue weighted by molar-refractivity contribution is 0.102. The molecule has 0 bridgehead atoms. The van der Waals surface area contributed by atoms with E-state index in [0.717, 1.165) is 40.2 Å². The zero-order chi connectivity index (χ0) is 21.0. The van der Waals surface area contributed by atoms with Crippen molar-refractivity contribution >= 4 is 11.6 Å². The van der Waals surface area contributed by atoms with Crippen molar-refractivity contribution in [3.8, 4) is 11.1 Å². The molecule has 29 heavy (non-hydrogen) atoms. The van der Waals surface area contributed by atoms with E-state index >= 15 is 0 Å². The molecule has 3 N–H and O–H groups in total. The van der Waals surface area contributed by atoms with E-state index in [1.807, 2.05) is 37.3 Å². The predicted molar refractivity (Wildman–Crippen MR) is 120 cm³/mol. The van der Waals surface area contributed by atoms with Crippen LogP contribution in [0.5, 0.6) is 0 Å². The van der Waals surface area contributed by atoms with Gasteiger partial charge in [-0.15, -0.1) is 0 Å². The maximum atomic E-state index is 13.3. The predicted octanol–water partition coefficient (Wildman–Crippen LogP) is 5.27. The number of rotatable bonds is 6. The van der Waals surface area contributed by atoms with Crippen LogP contribution in [0.2, 0.25) is 0 Å². The highest BCUT2D eigenvalue weighted by molar-refractivity contribution is 6.10. The molecule has 3 rings (SSSR count). The van der Waals surface area contributed by atoms with Crippen molar-refractivity contribution in [1.82, 2.24) is 4.98 Å². The van der Waals surface area contributed by atoms with Crippen molar-refractivity contribution in [2.75, 3.05) is 5.32 Å². The number of nitrogens with two attached hydrogens (primary N) is 1. The van der Waals surface area contributed by atoms with Crippen LogP contribution in [-0.2, 0) is 13.0 Å². The van der Waals surface area contributed by atoms with Gasteiger partial charge in [0.15, 0.2) is 0 Å². The summed E-state index contributed by atoms with van der Waals surface area (Å²) in [4.78, 5) is 18.1. The fraction of sp³-hybridized carbons (Fsp3) is 0.280. The quantitative estimate of drug-likeness (QED) is 0.605. The third-order valence-electron chi connectivity index (χ3n) is 4.97. The van der Waals surface area contributed by atoms with E-state index in [9.17, 15) is 4.79 Å². The first kappa shape index (κ1) is 20.7. The number of nitrogens with one attached hydrogen (secondary N) is 1. The monoisotopic (exact) mass is 387 g/mol. The van der Waals surface area contributed by atoms with Crippen molar-refractivity contribution in [1.29, 1.82) is 0 Å². The summed E-state index contributed by atoms with van der Waals surface area (Å²) in [6.07, 6.45) is 0.826. The average molecular weight is 388 g/mol. The lowest BCUT2D eigenvalue weighted by Crippen LogP contribution is -2.20. The molecular formula is C25H29N3O. The van der Waals surface area contributed by atoms with Gasteiger partial charge in [0.25, 0.3) is 5.91 Å². The van der Waals surface area contributed by atoms with Crippen LogP contribution in [0.25, 0.3) is 11.1 Å².